The number of carbonyl (C=O) groups excluding carboxylic acids is 2. The molecule has 156 valence electrons. The largest absolute Gasteiger partial charge is 0.447 e. The Morgan fingerprint density at radius 2 is 1.90 bits per heavy atom. The van der Waals surface area contributed by atoms with Gasteiger partial charge in [-0.3, -0.25) is 14.7 Å². The molecule has 0 aromatic heterocycles. The number of anilines is 2. The lowest BCUT2D eigenvalue weighted by Gasteiger charge is -2.34. The number of amides is 2. The predicted molar refractivity (Wildman–Crippen MR) is 110 cm³/mol. The van der Waals surface area contributed by atoms with Gasteiger partial charge < -0.3 is 19.9 Å². The maximum atomic E-state index is 12.5. The van der Waals surface area contributed by atoms with Crippen LogP contribution in [0.3, 0.4) is 0 Å². The number of benzene rings is 1. The second kappa shape index (κ2) is 8.52. The van der Waals surface area contributed by atoms with Crippen molar-refractivity contribution in [3.05, 3.63) is 24.3 Å². The molecule has 3 atom stereocenters. The standard InChI is InChI=1S/C19H24N4O5S/c24-11-15-2-1-7-21(15)17(20-12-29)16-10-23(19(26)28-16)14-5-3-13(4-6-14)22-8-9-27-18(22)25/h3-6,12,15-17,24H,1-2,7-11H2,(H,20,29)/t15-,16-,17?/m0/s1. The van der Waals surface area contributed by atoms with Crippen molar-refractivity contribution in [1.82, 2.24) is 10.2 Å². The van der Waals surface area contributed by atoms with E-state index in [2.05, 4.69) is 10.2 Å². The van der Waals surface area contributed by atoms with E-state index in [4.69, 9.17) is 21.7 Å². The van der Waals surface area contributed by atoms with Crippen LogP contribution in [0.2, 0.25) is 0 Å². The molecule has 29 heavy (non-hydrogen) atoms. The molecule has 1 unspecified atom stereocenters. The summed E-state index contributed by atoms with van der Waals surface area (Å²) in [5.74, 6) is 0. The number of aliphatic hydroxyl groups is 1. The summed E-state index contributed by atoms with van der Waals surface area (Å²) in [7, 11) is 0. The summed E-state index contributed by atoms with van der Waals surface area (Å²) in [6, 6.07) is 7.18. The van der Waals surface area contributed by atoms with Gasteiger partial charge in [0.05, 0.1) is 25.2 Å². The summed E-state index contributed by atoms with van der Waals surface area (Å²) in [5.41, 5.74) is 2.84. The lowest BCUT2D eigenvalue weighted by Crippen LogP contribution is -2.56. The molecule has 3 heterocycles. The molecule has 3 aliphatic rings. The van der Waals surface area contributed by atoms with Crippen molar-refractivity contribution >= 4 is 41.3 Å². The predicted octanol–water partition coefficient (Wildman–Crippen LogP) is 1.30. The van der Waals surface area contributed by atoms with E-state index in [1.54, 1.807) is 34.1 Å². The third kappa shape index (κ3) is 3.87. The lowest BCUT2D eigenvalue weighted by atomic mass is 10.2. The molecular formula is C19H24N4O5S. The van der Waals surface area contributed by atoms with Crippen molar-refractivity contribution in [1.29, 1.82) is 0 Å². The number of aliphatic hydroxyl groups excluding tert-OH is 1. The highest BCUT2D eigenvalue weighted by molar-refractivity contribution is 7.78. The van der Waals surface area contributed by atoms with E-state index >= 15 is 0 Å². The molecule has 0 bridgehead atoms. The van der Waals surface area contributed by atoms with Gasteiger partial charge in [0.1, 0.15) is 12.8 Å². The number of thiocarbonyl (C=S) groups is 1. The molecule has 3 fully saturated rings. The summed E-state index contributed by atoms with van der Waals surface area (Å²) in [6.07, 6.45) is 0.361. The second-order valence-electron chi connectivity index (χ2n) is 7.26. The Bertz CT molecular complexity index is 776. The molecule has 1 aromatic carbocycles. The first-order valence-corrected chi connectivity index (χ1v) is 10.2. The number of carbonyl (C=O) groups is 2. The van der Waals surface area contributed by atoms with E-state index in [0.29, 0.717) is 25.4 Å². The lowest BCUT2D eigenvalue weighted by molar-refractivity contribution is 0.0311. The van der Waals surface area contributed by atoms with Crippen LogP contribution in [0.4, 0.5) is 21.0 Å². The fraction of sp³-hybridized carbons (Fsp3) is 0.526. The van der Waals surface area contributed by atoms with Crippen molar-refractivity contribution in [2.75, 3.05) is 42.6 Å². The number of likely N-dealkylation sites (tertiary alicyclic amines) is 1. The smallest absolute Gasteiger partial charge is 0.414 e. The maximum Gasteiger partial charge on any atom is 0.414 e. The number of nitrogens with one attached hydrogen (secondary N) is 1. The highest BCUT2D eigenvalue weighted by Crippen LogP contribution is 2.29. The van der Waals surface area contributed by atoms with Crippen molar-refractivity contribution in [3.8, 4) is 0 Å². The summed E-state index contributed by atoms with van der Waals surface area (Å²) in [6.45, 7) is 2.11. The SMILES string of the molecule is O=C1OCCN1c1ccc(N2C[C@@H](C(NC=S)N3CCC[C@H]3CO)OC2=O)cc1. The number of hydrogen-bond donors (Lipinski definition) is 2. The number of hydrogen-bond acceptors (Lipinski definition) is 7. The Balaban J connectivity index is 1.48. The number of cyclic esters (lactones) is 2. The first-order chi connectivity index (χ1) is 14.1. The Morgan fingerprint density at radius 3 is 2.52 bits per heavy atom. The molecule has 1 aromatic rings. The van der Waals surface area contributed by atoms with E-state index in [1.165, 1.54) is 5.49 Å². The van der Waals surface area contributed by atoms with E-state index < -0.39 is 12.2 Å². The molecule has 4 rings (SSSR count). The van der Waals surface area contributed by atoms with E-state index in [1.807, 2.05) is 0 Å². The second-order valence-corrected chi connectivity index (χ2v) is 7.50. The van der Waals surface area contributed by atoms with Crippen LogP contribution in [0.1, 0.15) is 12.8 Å². The zero-order chi connectivity index (χ0) is 20.4. The molecular weight excluding hydrogens is 396 g/mol. The van der Waals surface area contributed by atoms with Gasteiger partial charge in [-0.15, -0.1) is 0 Å². The highest BCUT2D eigenvalue weighted by Gasteiger charge is 2.42. The van der Waals surface area contributed by atoms with Crippen molar-refractivity contribution in [3.63, 3.8) is 0 Å². The maximum absolute atomic E-state index is 12.5. The molecule has 3 saturated heterocycles. The minimum Gasteiger partial charge on any atom is -0.447 e. The Hall–Kier alpha value is -2.43. The fourth-order valence-corrected chi connectivity index (χ4v) is 4.35. The molecule has 0 saturated carbocycles. The minimum absolute atomic E-state index is 0.0229. The first-order valence-electron chi connectivity index (χ1n) is 9.71. The number of ether oxygens (including phenoxy) is 2. The Kier molecular flexibility index (Phi) is 5.84. The minimum atomic E-state index is -0.431. The van der Waals surface area contributed by atoms with Gasteiger partial charge in [0.15, 0.2) is 6.10 Å². The molecule has 0 spiro atoms. The molecule has 2 amide bonds. The van der Waals surface area contributed by atoms with Gasteiger partial charge in [0, 0.05) is 24.0 Å². The monoisotopic (exact) mass is 420 g/mol. The van der Waals surface area contributed by atoms with Gasteiger partial charge >= 0.3 is 12.2 Å². The van der Waals surface area contributed by atoms with E-state index in [-0.39, 0.29) is 24.9 Å². The van der Waals surface area contributed by atoms with Crippen molar-refractivity contribution in [2.24, 2.45) is 0 Å². The van der Waals surface area contributed by atoms with Crippen molar-refractivity contribution in [2.45, 2.75) is 31.2 Å². The average Bonchev–Trinajstić information content (AvgIpc) is 3.46. The summed E-state index contributed by atoms with van der Waals surface area (Å²) < 4.78 is 10.6. The van der Waals surface area contributed by atoms with Gasteiger partial charge in [0.2, 0.25) is 0 Å². The van der Waals surface area contributed by atoms with Gasteiger partial charge in [-0.2, -0.15) is 0 Å². The summed E-state index contributed by atoms with van der Waals surface area (Å²) in [4.78, 5) is 29.5. The number of nitrogens with zero attached hydrogens (tertiary/aromatic N) is 3. The molecule has 0 radical (unpaired) electrons. The fourth-order valence-electron chi connectivity index (χ4n) is 4.21. The highest BCUT2D eigenvalue weighted by atomic mass is 32.1. The van der Waals surface area contributed by atoms with E-state index in [0.717, 1.165) is 25.1 Å². The molecule has 0 aliphatic carbocycles. The van der Waals surface area contributed by atoms with Crippen LogP contribution in [-0.2, 0) is 9.47 Å². The van der Waals surface area contributed by atoms with Crippen LogP contribution in [0.25, 0.3) is 0 Å². The molecule has 3 aliphatic heterocycles. The summed E-state index contributed by atoms with van der Waals surface area (Å²) in [5, 5.41) is 12.8. The van der Waals surface area contributed by atoms with Crippen LogP contribution >= 0.6 is 12.2 Å². The molecule has 10 heteroatoms. The van der Waals surface area contributed by atoms with Crippen LogP contribution in [0.15, 0.2) is 24.3 Å². The zero-order valence-electron chi connectivity index (χ0n) is 15.9. The third-order valence-corrected chi connectivity index (χ3v) is 5.79. The Morgan fingerprint density at radius 1 is 1.17 bits per heavy atom. The molecule has 2 N–H and O–H groups in total. The average molecular weight is 420 g/mol. The summed E-state index contributed by atoms with van der Waals surface area (Å²) >= 11 is 4.98. The first kappa shape index (κ1) is 19.9. The number of rotatable bonds is 7. The van der Waals surface area contributed by atoms with Gasteiger partial charge in [-0.25, -0.2) is 9.59 Å². The normalized spacial score (nSPS) is 25.8. The molecule has 9 nitrogen and oxygen atoms in total. The van der Waals surface area contributed by atoms with Gasteiger partial charge in [-0.05, 0) is 37.1 Å². The van der Waals surface area contributed by atoms with Crippen LogP contribution in [-0.4, -0.2) is 78.8 Å². The van der Waals surface area contributed by atoms with Crippen molar-refractivity contribution < 1.29 is 24.2 Å². The van der Waals surface area contributed by atoms with Crippen LogP contribution in [0, 0.1) is 0 Å². The Labute approximate surface area is 174 Å². The van der Waals surface area contributed by atoms with Gasteiger partial charge in [-0.1, -0.05) is 12.2 Å². The quantitative estimate of drug-likeness (QED) is 0.638. The topological polar surface area (TPSA) is 94.6 Å². The van der Waals surface area contributed by atoms with Crippen LogP contribution in [0.5, 0.6) is 0 Å². The van der Waals surface area contributed by atoms with E-state index in [9.17, 15) is 14.7 Å². The zero-order valence-corrected chi connectivity index (χ0v) is 16.7. The third-order valence-electron chi connectivity index (χ3n) is 5.65. The van der Waals surface area contributed by atoms with Gasteiger partial charge in [0.25, 0.3) is 0 Å². The van der Waals surface area contributed by atoms with Crippen LogP contribution < -0.4 is 15.1 Å².